The van der Waals surface area contributed by atoms with Crippen LogP contribution in [0, 0.1) is 0 Å². The van der Waals surface area contributed by atoms with E-state index in [4.69, 9.17) is 21.3 Å². The molecule has 0 radical (unpaired) electrons. The summed E-state index contributed by atoms with van der Waals surface area (Å²) in [6.07, 6.45) is 3.76. The van der Waals surface area contributed by atoms with Gasteiger partial charge in [0, 0.05) is 29.4 Å². The van der Waals surface area contributed by atoms with E-state index < -0.39 is 0 Å². The normalized spacial score (nSPS) is 11.1. The molecular weight excluding hydrogens is 426 g/mol. The van der Waals surface area contributed by atoms with Gasteiger partial charge < -0.3 is 9.30 Å². The van der Waals surface area contributed by atoms with Crippen molar-refractivity contribution in [3.63, 3.8) is 0 Å². The maximum absolute atomic E-state index is 12.9. The third kappa shape index (κ3) is 4.32. The number of nitrogens with zero attached hydrogens (tertiary/aromatic N) is 3. The van der Waals surface area contributed by atoms with E-state index in [2.05, 4.69) is 11.5 Å². The fourth-order valence-corrected chi connectivity index (χ4v) is 3.74. The van der Waals surface area contributed by atoms with Crippen LogP contribution in [0.2, 0.25) is 5.02 Å². The zero-order valence-electron chi connectivity index (χ0n) is 18.0. The summed E-state index contributed by atoms with van der Waals surface area (Å²) in [6.45, 7) is 4.95. The van der Waals surface area contributed by atoms with E-state index in [1.807, 2.05) is 30.5 Å². The lowest BCUT2D eigenvalue weighted by Gasteiger charge is -2.10. The second-order valence-electron chi connectivity index (χ2n) is 7.47. The van der Waals surface area contributed by atoms with E-state index in [1.165, 1.54) is 6.07 Å². The third-order valence-corrected chi connectivity index (χ3v) is 5.54. The zero-order chi connectivity index (χ0) is 22.7. The van der Waals surface area contributed by atoms with Gasteiger partial charge in [-0.2, -0.15) is 0 Å². The van der Waals surface area contributed by atoms with Gasteiger partial charge in [-0.1, -0.05) is 49.2 Å². The summed E-state index contributed by atoms with van der Waals surface area (Å²) >= 11 is 6.01. The highest BCUT2D eigenvalue weighted by atomic mass is 35.5. The van der Waals surface area contributed by atoms with Gasteiger partial charge in [0.05, 0.1) is 23.6 Å². The van der Waals surface area contributed by atoms with Gasteiger partial charge >= 0.3 is 5.97 Å². The fraction of sp³-hybridized carbons (Fsp3) is 0.240. The Balaban J connectivity index is 1.83. The summed E-state index contributed by atoms with van der Waals surface area (Å²) in [5.74, 6) is 0.233. The minimum atomic E-state index is -0.351. The lowest BCUT2D eigenvalue weighted by Crippen LogP contribution is -2.14. The van der Waals surface area contributed by atoms with Crippen LogP contribution in [0.15, 0.2) is 65.6 Å². The molecular formula is C25H24ClN3O3. The molecule has 0 saturated heterocycles. The Labute approximate surface area is 191 Å². The van der Waals surface area contributed by atoms with E-state index >= 15 is 0 Å². The van der Waals surface area contributed by atoms with Crippen LogP contribution in [-0.4, -0.2) is 26.5 Å². The lowest BCUT2D eigenvalue weighted by atomic mass is 10.1. The van der Waals surface area contributed by atoms with Crippen molar-refractivity contribution < 1.29 is 9.53 Å². The first-order valence-electron chi connectivity index (χ1n) is 10.7. The molecule has 0 amide bonds. The molecule has 0 aliphatic rings. The van der Waals surface area contributed by atoms with Gasteiger partial charge in [-0.3, -0.25) is 9.20 Å². The molecule has 0 fully saturated rings. The van der Waals surface area contributed by atoms with Gasteiger partial charge in [-0.15, -0.1) is 0 Å². The first kappa shape index (κ1) is 21.8. The fourth-order valence-electron chi connectivity index (χ4n) is 3.62. The van der Waals surface area contributed by atoms with Crippen LogP contribution in [0.3, 0.4) is 0 Å². The Bertz CT molecular complexity index is 1310. The molecule has 2 heterocycles. The average Bonchev–Trinajstić information content (AvgIpc) is 3.17. The Hall–Kier alpha value is -3.38. The number of rotatable bonds is 7. The van der Waals surface area contributed by atoms with Crippen LogP contribution in [-0.2, 0) is 11.3 Å². The molecule has 2 aromatic heterocycles. The number of ether oxygens (including phenoxy) is 1. The molecule has 0 aliphatic carbocycles. The smallest absolute Gasteiger partial charge is 0.338 e. The number of benzene rings is 2. The second-order valence-corrected chi connectivity index (χ2v) is 7.91. The second kappa shape index (κ2) is 9.40. The quantitative estimate of drug-likeness (QED) is 0.351. The number of imidazole rings is 1. The van der Waals surface area contributed by atoms with Crippen LogP contribution in [0.4, 0.5) is 0 Å². The Morgan fingerprint density at radius 1 is 1.03 bits per heavy atom. The van der Waals surface area contributed by atoms with E-state index in [9.17, 15) is 9.59 Å². The summed E-state index contributed by atoms with van der Waals surface area (Å²) in [6, 6.07) is 16.0. The molecule has 0 unspecified atom stereocenters. The Morgan fingerprint density at radius 2 is 1.72 bits per heavy atom. The van der Waals surface area contributed by atoms with Gasteiger partial charge in [0.25, 0.3) is 5.56 Å². The number of unbranched alkanes of at least 4 members (excludes halogenated alkanes) is 1. The number of esters is 1. The minimum absolute atomic E-state index is 0.153. The van der Waals surface area contributed by atoms with Crippen LogP contribution in [0.25, 0.3) is 28.3 Å². The van der Waals surface area contributed by atoms with Gasteiger partial charge in [-0.05, 0) is 43.2 Å². The van der Waals surface area contributed by atoms with Gasteiger partial charge in [0.1, 0.15) is 0 Å². The highest BCUT2D eigenvalue weighted by Gasteiger charge is 2.16. The van der Waals surface area contributed by atoms with Crippen LogP contribution in [0.5, 0.6) is 0 Å². The lowest BCUT2D eigenvalue weighted by molar-refractivity contribution is 0.0526. The van der Waals surface area contributed by atoms with Crippen molar-refractivity contribution >= 4 is 23.3 Å². The molecule has 0 saturated carbocycles. The van der Waals surface area contributed by atoms with Crippen molar-refractivity contribution in [3.8, 4) is 22.5 Å². The molecule has 0 atom stereocenters. The maximum atomic E-state index is 12.9. The van der Waals surface area contributed by atoms with Crippen LogP contribution in [0.1, 0.15) is 37.0 Å². The van der Waals surface area contributed by atoms with E-state index in [0.717, 1.165) is 36.2 Å². The number of halogens is 1. The number of hydrogen-bond acceptors (Lipinski definition) is 4. The predicted molar refractivity (Wildman–Crippen MR) is 126 cm³/mol. The summed E-state index contributed by atoms with van der Waals surface area (Å²) in [5.41, 5.74) is 3.54. The summed E-state index contributed by atoms with van der Waals surface area (Å²) in [7, 11) is 0. The number of aromatic nitrogens is 3. The van der Waals surface area contributed by atoms with Crippen molar-refractivity contribution in [2.75, 3.05) is 6.61 Å². The monoisotopic (exact) mass is 449 g/mol. The van der Waals surface area contributed by atoms with Gasteiger partial charge in [0.2, 0.25) is 5.78 Å². The number of aryl methyl sites for hydroxylation is 1. The average molecular weight is 450 g/mol. The molecule has 0 N–H and O–H groups in total. The van der Waals surface area contributed by atoms with Crippen molar-refractivity contribution in [1.82, 2.24) is 14.0 Å². The molecule has 0 aliphatic heterocycles. The van der Waals surface area contributed by atoms with Crippen LogP contribution >= 0.6 is 11.6 Å². The molecule has 32 heavy (non-hydrogen) atoms. The topological polar surface area (TPSA) is 65.6 Å². The maximum Gasteiger partial charge on any atom is 0.338 e. The third-order valence-electron chi connectivity index (χ3n) is 5.28. The Morgan fingerprint density at radius 3 is 2.38 bits per heavy atom. The van der Waals surface area contributed by atoms with Gasteiger partial charge in [-0.25, -0.2) is 9.78 Å². The Kier molecular flexibility index (Phi) is 6.42. The first-order valence-corrected chi connectivity index (χ1v) is 11.1. The summed E-state index contributed by atoms with van der Waals surface area (Å²) in [4.78, 5) is 29.8. The number of carbonyl (C=O) groups is 1. The number of carbonyl (C=O) groups excluding carboxylic acids is 1. The molecule has 6 nitrogen and oxygen atoms in total. The molecule has 2 aromatic carbocycles. The van der Waals surface area contributed by atoms with Crippen molar-refractivity contribution in [2.24, 2.45) is 0 Å². The van der Waals surface area contributed by atoms with E-state index in [0.29, 0.717) is 28.7 Å². The SMILES string of the molecule is CCCCn1c(-c2ccc(C(=O)OCC)cc2)cn2c(=O)cc(-c3ccc(Cl)cc3)nc12. The van der Waals surface area contributed by atoms with Gasteiger partial charge in [0.15, 0.2) is 0 Å². The van der Waals surface area contributed by atoms with Crippen molar-refractivity contribution in [2.45, 2.75) is 33.2 Å². The van der Waals surface area contributed by atoms with Crippen LogP contribution < -0.4 is 5.56 Å². The molecule has 4 aromatic rings. The highest BCUT2D eigenvalue weighted by Crippen LogP contribution is 2.25. The molecule has 4 rings (SSSR count). The van der Waals surface area contributed by atoms with Crippen molar-refractivity contribution in [3.05, 3.63) is 81.7 Å². The molecule has 164 valence electrons. The molecule has 0 bridgehead atoms. The summed E-state index contributed by atoms with van der Waals surface area (Å²) < 4.78 is 8.70. The largest absolute Gasteiger partial charge is 0.462 e. The number of hydrogen-bond donors (Lipinski definition) is 0. The zero-order valence-corrected chi connectivity index (χ0v) is 18.8. The predicted octanol–water partition coefficient (Wildman–Crippen LogP) is 5.46. The highest BCUT2D eigenvalue weighted by molar-refractivity contribution is 6.30. The molecule has 0 spiro atoms. The molecule has 7 heteroatoms. The van der Waals surface area contributed by atoms with Crippen molar-refractivity contribution in [1.29, 1.82) is 0 Å². The van der Waals surface area contributed by atoms with E-state index in [-0.39, 0.29) is 11.5 Å². The van der Waals surface area contributed by atoms with E-state index in [1.54, 1.807) is 35.6 Å². The first-order chi connectivity index (χ1) is 15.5. The number of fused-ring (bicyclic) bond motifs is 1. The minimum Gasteiger partial charge on any atom is -0.462 e. The summed E-state index contributed by atoms with van der Waals surface area (Å²) in [5, 5.41) is 0.631. The standard InChI is InChI=1S/C25H24ClN3O3/c1-3-5-14-28-22(18-6-8-19(9-7-18)24(31)32-4-2)16-29-23(30)15-21(27-25(28)29)17-10-12-20(26)13-11-17/h6-13,15-16H,3-5,14H2,1-2H3.